The first-order chi connectivity index (χ1) is 15.3. The van der Waals surface area contributed by atoms with Crippen LogP contribution in [-0.4, -0.2) is 34.6 Å². The number of thioether (sulfide) groups is 1. The van der Waals surface area contributed by atoms with Crippen LogP contribution in [0.5, 0.6) is 0 Å². The molecular weight excluding hydrogens is 487 g/mol. The highest BCUT2D eigenvalue weighted by molar-refractivity contribution is 7.99. The van der Waals surface area contributed by atoms with E-state index in [1.54, 1.807) is 24.0 Å². The van der Waals surface area contributed by atoms with E-state index >= 15 is 0 Å². The molecule has 0 radical (unpaired) electrons. The van der Waals surface area contributed by atoms with Gasteiger partial charge in [-0.2, -0.15) is 0 Å². The Morgan fingerprint density at radius 2 is 1.81 bits per heavy atom. The molecular formula is C24H27Cl3N2O2S. The van der Waals surface area contributed by atoms with Gasteiger partial charge in [-0.05, 0) is 55.2 Å². The van der Waals surface area contributed by atoms with E-state index in [2.05, 4.69) is 5.32 Å². The largest absolute Gasteiger partial charge is 0.352 e. The summed E-state index contributed by atoms with van der Waals surface area (Å²) in [5.41, 5.74) is 1.88. The van der Waals surface area contributed by atoms with Gasteiger partial charge in [0.2, 0.25) is 11.8 Å². The molecule has 2 aromatic carbocycles. The first-order valence-corrected chi connectivity index (χ1v) is 13.0. The van der Waals surface area contributed by atoms with Gasteiger partial charge in [0.1, 0.15) is 6.04 Å². The monoisotopic (exact) mass is 512 g/mol. The Kier molecular flexibility index (Phi) is 9.60. The number of rotatable bonds is 9. The van der Waals surface area contributed by atoms with Crippen molar-refractivity contribution in [1.82, 2.24) is 10.2 Å². The van der Waals surface area contributed by atoms with Gasteiger partial charge in [-0.3, -0.25) is 9.59 Å². The van der Waals surface area contributed by atoms with E-state index < -0.39 is 6.04 Å². The Labute approximate surface area is 209 Å². The van der Waals surface area contributed by atoms with E-state index in [1.165, 1.54) is 11.8 Å². The summed E-state index contributed by atoms with van der Waals surface area (Å²) in [4.78, 5) is 27.7. The molecule has 3 rings (SSSR count). The van der Waals surface area contributed by atoms with Gasteiger partial charge >= 0.3 is 0 Å². The lowest BCUT2D eigenvalue weighted by molar-refractivity contribution is -0.138. The number of halogens is 3. The third-order valence-electron chi connectivity index (χ3n) is 5.59. The Balaban J connectivity index is 1.68. The predicted octanol–water partition coefficient (Wildman–Crippen LogP) is 6.36. The Morgan fingerprint density at radius 1 is 1.06 bits per heavy atom. The van der Waals surface area contributed by atoms with Gasteiger partial charge in [0.05, 0.1) is 15.8 Å². The van der Waals surface area contributed by atoms with Gasteiger partial charge in [0, 0.05) is 23.4 Å². The molecule has 1 atom stereocenters. The van der Waals surface area contributed by atoms with Crippen molar-refractivity contribution >= 4 is 58.4 Å². The number of carbonyl (C=O) groups excluding carboxylic acids is 2. The number of hydrogen-bond donors (Lipinski definition) is 1. The second-order valence-corrected chi connectivity index (χ2v) is 10.3. The van der Waals surface area contributed by atoms with Crippen molar-refractivity contribution in [3.05, 3.63) is 68.7 Å². The molecule has 172 valence electrons. The molecule has 1 aliphatic rings. The van der Waals surface area contributed by atoms with Crippen LogP contribution in [0.3, 0.4) is 0 Å². The molecule has 1 saturated carbocycles. The van der Waals surface area contributed by atoms with E-state index in [0.29, 0.717) is 20.8 Å². The van der Waals surface area contributed by atoms with E-state index in [1.807, 2.05) is 30.3 Å². The van der Waals surface area contributed by atoms with Crippen LogP contribution in [0, 0.1) is 0 Å². The van der Waals surface area contributed by atoms with Crippen LogP contribution >= 0.6 is 46.6 Å². The van der Waals surface area contributed by atoms with Crippen molar-refractivity contribution in [1.29, 1.82) is 0 Å². The molecule has 1 N–H and O–H groups in total. The highest BCUT2D eigenvalue weighted by atomic mass is 35.5. The Morgan fingerprint density at radius 3 is 2.50 bits per heavy atom. The molecule has 2 amide bonds. The van der Waals surface area contributed by atoms with E-state index in [-0.39, 0.29) is 30.2 Å². The molecule has 0 aliphatic heterocycles. The van der Waals surface area contributed by atoms with Gasteiger partial charge in [0.15, 0.2) is 0 Å². The van der Waals surface area contributed by atoms with Gasteiger partial charge in [0.25, 0.3) is 0 Å². The van der Waals surface area contributed by atoms with Crippen molar-refractivity contribution in [2.45, 2.75) is 57.0 Å². The number of nitrogens with zero attached hydrogens (tertiary/aromatic N) is 1. The molecule has 2 aromatic rings. The molecule has 1 fully saturated rings. The third-order valence-corrected chi connectivity index (χ3v) is 7.55. The minimum atomic E-state index is -0.593. The third kappa shape index (κ3) is 7.31. The summed E-state index contributed by atoms with van der Waals surface area (Å²) in [6.45, 7) is 2.06. The smallest absolute Gasteiger partial charge is 0.242 e. The molecule has 0 bridgehead atoms. The van der Waals surface area contributed by atoms with Crippen molar-refractivity contribution in [2.24, 2.45) is 0 Å². The molecule has 0 unspecified atom stereocenters. The number of carbonyl (C=O) groups is 2. The molecule has 8 heteroatoms. The molecule has 0 heterocycles. The fraction of sp³-hybridized carbons (Fsp3) is 0.417. The van der Waals surface area contributed by atoms with Crippen LogP contribution in [-0.2, 0) is 21.9 Å². The van der Waals surface area contributed by atoms with Gasteiger partial charge in [-0.15, -0.1) is 11.8 Å². The number of amides is 2. The Hall–Kier alpha value is -1.40. The van der Waals surface area contributed by atoms with Crippen LogP contribution in [0.4, 0.5) is 0 Å². The molecule has 0 saturated heterocycles. The summed E-state index contributed by atoms with van der Waals surface area (Å²) < 4.78 is 0. The van der Waals surface area contributed by atoms with Crippen molar-refractivity contribution in [2.75, 3.05) is 5.75 Å². The maximum atomic E-state index is 13.2. The number of benzene rings is 2. The summed E-state index contributed by atoms with van der Waals surface area (Å²) in [5, 5.41) is 4.66. The fourth-order valence-electron chi connectivity index (χ4n) is 3.78. The van der Waals surface area contributed by atoms with Crippen LogP contribution < -0.4 is 5.32 Å². The normalized spacial score (nSPS) is 14.9. The average Bonchev–Trinajstić information content (AvgIpc) is 3.27. The maximum absolute atomic E-state index is 13.2. The summed E-state index contributed by atoms with van der Waals surface area (Å²) >= 11 is 19.8. The van der Waals surface area contributed by atoms with Crippen molar-refractivity contribution in [3.63, 3.8) is 0 Å². The van der Waals surface area contributed by atoms with Crippen LogP contribution in [0.25, 0.3) is 0 Å². The lowest BCUT2D eigenvalue weighted by Gasteiger charge is -2.30. The fourth-order valence-corrected chi connectivity index (χ4v) is 5.17. The van der Waals surface area contributed by atoms with E-state index in [0.717, 1.165) is 36.8 Å². The maximum Gasteiger partial charge on any atom is 0.242 e. The summed E-state index contributed by atoms with van der Waals surface area (Å²) in [6, 6.07) is 12.5. The van der Waals surface area contributed by atoms with E-state index in [4.69, 9.17) is 34.8 Å². The molecule has 1 aliphatic carbocycles. The second kappa shape index (κ2) is 12.2. The molecule has 4 nitrogen and oxygen atoms in total. The highest BCUT2D eigenvalue weighted by Crippen LogP contribution is 2.25. The zero-order valence-electron chi connectivity index (χ0n) is 18.0. The molecule has 0 spiro atoms. The van der Waals surface area contributed by atoms with Crippen molar-refractivity contribution in [3.8, 4) is 0 Å². The second-order valence-electron chi connectivity index (χ2n) is 8.06. The van der Waals surface area contributed by atoms with Crippen LogP contribution in [0.15, 0.2) is 42.5 Å². The van der Waals surface area contributed by atoms with Crippen LogP contribution in [0.2, 0.25) is 15.1 Å². The quantitative estimate of drug-likeness (QED) is 0.425. The van der Waals surface area contributed by atoms with Gasteiger partial charge < -0.3 is 10.2 Å². The zero-order valence-corrected chi connectivity index (χ0v) is 21.0. The predicted molar refractivity (Wildman–Crippen MR) is 134 cm³/mol. The lowest BCUT2D eigenvalue weighted by Crippen LogP contribution is -2.50. The summed E-state index contributed by atoms with van der Waals surface area (Å²) in [5.74, 6) is 0.701. The molecule has 0 aromatic heterocycles. The number of nitrogens with one attached hydrogen (secondary N) is 1. The number of hydrogen-bond acceptors (Lipinski definition) is 3. The first kappa shape index (κ1) is 25.2. The Bertz CT molecular complexity index is 951. The molecule has 32 heavy (non-hydrogen) atoms. The lowest BCUT2D eigenvalue weighted by atomic mass is 10.1. The van der Waals surface area contributed by atoms with E-state index in [9.17, 15) is 9.59 Å². The average molecular weight is 514 g/mol. The van der Waals surface area contributed by atoms with Gasteiger partial charge in [-0.25, -0.2) is 0 Å². The van der Waals surface area contributed by atoms with Gasteiger partial charge in [-0.1, -0.05) is 65.8 Å². The highest BCUT2D eigenvalue weighted by Gasteiger charge is 2.28. The standard InChI is InChI=1S/C24H27Cl3N2O2S/c1-16(24(31)28-20-7-2-3-8-20)29(13-17-9-10-21(26)22(27)12-17)23(30)15-32-14-18-5-4-6-19(25)11-18/h4-6,9-12,16,20H,2-3,7-8,13-15H2,1H3,(H,28,31)/t16-/m0/s1. The minimum absolute atomic E-state index is 0.0998. The van der Waals surface area contributed by atoms with Crippen LogP contribution in [0.1, 0.15) is 43.7 Å². The zero-order chi connectivity index (χ0) is 23.1. The summed E-state index contributed by atoms with van der Waals surface area (Å²) in [6.07, 6.45) is 4.25. The van der Waals surface area contributed by atoms with Crippen molar-refractivity contribution < 1.29 is 9.59 Å². The SMILES string of the molecule is C[C@@H](C(=O)NC1CCCC1)N(Cc1ccc(Cl)c(Cl)c1)C(=O)CSCc1cccc(Cl)c1. The minimum Gasteiger partial charge on any atom is -0.352 e. The topological polar surface area (TPSA) is 49.4 Å². The summed E-state index contributed by atoms with van der Waals surface area (Å²) in [7, 11) is 0. The first-order valence-electron chi connectivity index (χ1n) is 10.7.